The zero-order chi connectivity index (χ0) is 15.4. The van der Waals surface area contributed by atoms with Gasteiger partial charge in [0.1, 0.15) is 0 Å². The van der Waals surface area contributed by atoms with E-state index in [0.29, 0.717) is 5.41 Å². The Morgan fingerprint density at radius 1 is 1.09 bits per heavy atom. The summed E-state index contributed by atoms with van der Waals surface area (Å²) in [5, 5.41) is 3.44. The van der Waals surface area contributed by atoms with Gasteiger partial charge in [0.25, 0.3) is 0 Å². The zero-order valence-electron chi connectivity index (χ0n) is 14.4. The second-order valence-electron chi connectivity index (χ2n) is 7.98. The summed E-state index contributed by atoms with van der Waals surface area (Å²) in [7, 11) is 0. The Bertz CT molecular complexity index is 464. The third kappa shape index (κ3) is 4.11. The SMILES string of the molecule is CC1(C)CCC(c2ccccc2CCN2CCNCC2)CC1. The van der Waals surface area contributed by atoms with E-state index >= 15 is 0 Å². The van der Waals surface area contributed by atoms with Gasteiger partial charge in [0.2, 0.25) is 0 Å². The molecule has 0 aromatic heterocycles. The lowest BCUT2D eigenvalue weighted by molar-refractivity contribution is 0.223. The van der Waals surface area contributed by atoms with Crippen molar-refractivity contribution in [1.82, 2.24) is 10.2 Å². The van der Waals surface area contributed by atoms with E-state index in [0.717, 1.165) is 19.0 Å². The first-order valence-electron chi connectivity index (χ1n) is 9.15. The second kappa shape index (κ2) is 7.14. The molecule has 3 rings (SSSR count). The minimum atomic E-state index is 0.562. The molecule has 0 amide bonds. The van der Waals surface area contributed by atoms with E-state index < -0.39 is 0 Å². The highest BCUT2D eigenvalue weighted by Crippen LogP contribution is 2.43. The van der Waals surface area contributed by atoms with Crippen LogP contribution >= 0.6 is 0 Å². The highest BCUT2D eigenvalue weighted by molar-refractivity contribution is 5.31. The molecule has 2 fully saturated rings. The molecule has 2 aliphatic rings. The largest absolute Gasteiger partial charge is 0.314 e. The number of hydrogen-bond donors (Lipinski definition) is 1. The van der Waals surface area contributed by atoms with Crippen LogP contribution in [0.5, 0.6) is 0 Å². The number of rotatable bonds is 4. The van der Waals surface area contributed by atoms with Crippen molar-refractivity contribution in [3.05, 3.63) is 35.4 Å². The Morgan fingerprint density at radius 2 is 1.77 bits per heavy atom. The Balaban J connectivity index is 1.62. The van der Waals surface area contributed by atoms with E-state index in [2.05, 4.69) is 48.3 Å². The highest BCUT2D eigenvalue weighted by atomic mass is 15.2. The number of piperazine rings is 1. The molecule has 0 atom stereocenters. The molecule has 0 bridgehead atoms. The summed E-state index contributed by atoms with van der Waals surface area (Å²) in [5.74, 6) is 0.798. The zero-order valence-corrected chi connectivity index (χ0v) is 14.4. The van der Waals surface area contributed by atoms with Crippen molar-refractivity contribution in [3.8, 4) is 0 Å². The fraction of sp³-hybridized carbons (Fsp3) is 0.700. The molecule has 2 heteroatoms. The van der Waals surface area contributed by atoms with E-state index in [9.17, 15) is 0 Å². The number of nitrogens with zero attached hydrogens (tertiary/aromatic N) is 1. The normalized spacial score (nSPS) is 23.5. The van der Waals surface area contributed by atoms with E-state index in [1.54, 1.807) is 11.1 Å². The average molecular weight is 300 g/mol. The fourth-order valence-electron chi connectivity index (χ4n) is 4.08. The first-order valence-corrected chi connectivity index (χ1v) is 9.15. The molecule has 1 aliphatic carbocycles. The van der Waals surface area contributed by atoms with Crippen molar-refractivity contribution in [2.24, 2.45) is 5.41 Å². The van der Waals surface area contributed by atoms with Gasteiger partial charge in [-0.3, -0.25) is 0 Å². The highest BCUT2D eigenvalue weighted by Gasteiger charge is 2.28. The fourth-order valence-corrected chi connectivity index (χ4v) is 4.08. The Hall–Kier alpha value is -0.860. The molecule has 0 spiro atoms. The summed E-state index contributed by atoms with van der Waals surface area (Å²) in [5.41, 5.74) is 3.81. The predicted octanol–water partition coefficient (Wildman–Crippen LogP) is 3.82. The quantitative estimate of drug-likeness (QED) is 0.909. The number of nitrogens with one attached hydrogen (secondary N) is 1. The summed E-state index contributed by atoms with van der Waals surface area (Å²) < 4.78 is 0. The lowest BCUT2D eigenvalue weighted by Crippen LogP contribution is -2.44. The maximum Gasteiger partial charge on any atom is 0.0108 e. The van der Waals surface area contributed by atoms with Gasteiger partial charge in [0.05, 0.1) is 0 Å². The van der Waals surface area contributed by atoms with Crippen molar-refractivity contribution in [2.45, 2.75) is 51.9 Å². The Morgan fingerprint density at radius 3 is 2.50 bits per heavy atom. The molecule has 1 aliphatic heterocycles. The topological polar surface area (TPSA) is 15.3 Å². The maximum absolute atomic E-state index is 3.44. The molecular formula is C20H32N2. The first kappa shape index (κ1) is 16.0. The summed E-state index contributed by atoms with van der Waals surface area (Å²) in [6, 6.07) is 9.24. The summed E-state index contributed by atoms with van der Waals surface area (Å²) in [4.78, 5) is 2.61. The van der Waals surface area contributed by atoms with Crippen LogP contribution in [0.2, 0.25) is 0 Å². The Kier molecular flexibility index (Phi) is 5.20. The maximum atomic E-state index is 3.44. The Labute approximate surface area is 136 Å². The van der Waals surface area contributed by atoms with Crippen molar-refractivity contribution < 1.29 is 0 Å². The third-order valence-corrected chi connectivity index (χ3v) is 5.74. The minimum absolute atomic E-state index is 0.562. The smallest absolute Gasteiger partial charge is 0.0108 e. The van der Waals surface area contributed by atoms with Crippen LogP contribution in [0, 0.1) is 5.41 Å². The molecule has 1 heterocycles. The van der Waals surface area contributed by atoms with Crippen LogP contribution in [0.3, 0.4) is 0 Å². The predicted molar refractivity (Wildman–Crippen MR) is 94.4 cm³/mol. The van der Waals surface area contributed by atoms with Gasteiger partial charge in [-0.15, -0.1) is 0 Å². The average Bonchev–Trinajstić information content (AvgIpc) is 2.54. The standard InChI is InChI=1S/C20H32N2/c1-20(2)10-7-18(8-11-20)19-6-4-3-5-17(19)9-14-22-15-12-21-13-16-22/h3-6,18,21H,7-16H2,1-2H3. The number of hydrogen-bond acceptors (Lipinski definition) is 2. The van der Waals surface area contributed by atoms with Crippen LogP contribution in [0.1, 0.15) is 56.6 Å². The van der Waals surface area contributed by atoms with E-state index in [-0.39, 0.29) is 0 Å². The van der Waals surface area contributed by atoms with Crippen LogP contribution in [-0.2, 0) is 6.42 Å². The van der Waals surface area contributed by atoms with Gasteiger partial charge in [0, 0.05) is 32.7 Å². The van der Waals surface area contributed by atoms with Gasteiger partial charge >= 0.3 is 0 Å². The monoisotopic (exact) mass is 300 g/mol. The van der Waals surface area contributed by atoms with Crippen LogP contribution in [0.4, 0.5) is 0 Å². The summed E-state index contributed by atoms with van der Waals surface area (Å²) in [6.45, 7) is 10.8. The molecular weight excluding hydrogens is 268 g/mol. The molecule has 0 unspecified atom stereocenters. The minimum Gasteiger partial charge on any atom is -0.314 e. The van der Waals surface area contributed by atoms with Gasteiger partial charge in [-0.25, -0.2) is 0 Å². The molecule has 1 aromatic rings. The lowest BCUT2D eigenvalue weighted by Gasteiger charge is -2.35. The van der Waals surface area contributed by atoms with E-state index in [4.69, 9.17) is 0 Å². The van der Waals surface area contributed by atoms with Crippen LogP contribution in [0.15, 0.2) is 24.3 Å². The third-order valence-electron chi connectivity index (χ3n) is 5.74. The van der Waals surface area contributed by atoms with E-state index in [1.165, 1.54) is 51.7 Å². The van der Waals surface area contributed by atoms with Crippen molar-refractivity contribution in [2.75, 3.05) is 32.7 Å². The van der Waals surface area contributed by atoms with Gasteiger partial charge in [-0.1, -0.05) is 38.1 Å². The van der Waals surface area contributed by atoms with Crippen LogP contribution in [0.25, 0.3) is 0 Å². The van der Waals surface area contributed by atoms with Gasteiger partial charge in [-0.05, 0) is 54.6 Å². The summed E-state index contributed by atoms with van der Waals surface area (Å²) in [6.07, 6.45) is 6.72. The number of benzene rings is 1. The van der Waals surface area contributed by atoms with E-state index in [1.807, 2.05) is 0 Å². The molecule has 1 aromatic carbocycles. The van der Waals surface area contributed by atoms with Crippen molar-refractivity contribution in [1.29, 1.82) is 0 Å². The van der Waals surface area contributed by atoms with Crippen molar-refractivity contribution >= 4 is 0 Å². The molecule has 2 nitrogen and oxygen atoms in total. The van der Waals surface area contributed by atoms with Crippen molar-refractivity contribution in [3.63, 3.8) is 0 Å². The molecule has 122 valence electrons. The second-order valence-corrected chi connectivity index (χ2v) is 7.98. The lowest BCUT2D eigenvalue weighted by atomic mass is 9.70. The van der Waals surface area contributed by atoms with Gasteiger partial charge in [0.15, 0.2) is 0 Å². The van der Waals surface area contributed by atoms with Crippen LogP contribution < -0.4 is 5.32 Å². The molecule has 1 saturated carbocycles. The molecule has 1 N–H and O–H groups in total. The van der Waals surface area contributed by atoms with Gasteiger partial charge < -0.3 is 10.2 Å². The molecule has 22 heavy (non-hydrogen) atoms. The molecule has 1 saturated heterocycles. The first-order chi connectivity index (χ1) is 10.6. The molecule has 0 radical (unpaired) electrons. The van der Waals surface area contributed by atoms with Gasteiger partial charge in [-0.2, -0.15) is 0 Å². The summed E-state index contributed by atoms with van der Waals surface area (Å²) >= 11 is 0. The van der Waals surface area contributed by atoms with Crippen LogP contribution in [-0.4, -0.2) is 37.6 Å².